The predicted octanol–water partition coefficient (Wildman–Crippen LogP) is 4.44. The third-order valence-electron chi connectivity index (χ3n) is 5.97. The topological polar surface area (TPSA) is 86.8 Å². The third kappa shape index (κ3) is 7.20. The smallest absolute Gasteiger partial charge is 0.264 e. The van der Waals surface area contributed by atoms with Crippen LogP contribution in [0.15, 0.2) is 83.8 Å². The van der Waals surface area contributed by atoms with Gasteiger partial charge in [0.1, 0.15) is 12.6 Å². The Labute approximate surface area is 220 Å². The quantitative estimate of drug-likeness (QED) is 0.427. The molecule has 0 spiro atoms. The normalized spacial score (nSPS) is 12.2. The Morgan fingerprint density at radius 3 is 2.08 bits per heavy atom. The Kier molecular flexibility index (Phi) is 9.10. The van der Waals surface area contributed by atoms with E-state index in [9.17, 15) is 18.0 Å². The number of carbonyl (C=O) groups excluding carboxylic acids is 2. The molecule has 8 heteroatoms. The van der Waals surface area contributed by atoms with E-state index < -0.39 is 28.5 Å². The number of rotatable bonds is 10. The molecular formula is C29H35N3O4S. The molecule has 0 saturated heterocycles. The molecule has 0 heterocycles. The minimum Gasteiger partial charge on any atom is -0.352 e. The molecule has 0 aliphatic carbocycles. The number of sulfonamides is 1. The Morgan fingerprint density at radius 2 is 1.49 bits per heavy atom. The van der Waals surface area contributed by atoms with Crippen LogP contribution in [0.1, 0.15) is 37.5 Å². The largest absolute Gasteiger partial charge is 0.352 e. The Hall–Kier alpha value is -3.65. The Bertz CT molecular complexity index is 1320. The van der Waals surface area contributed by atoms with Gasteiger partial charge in [-0.1, -0.05) is 60.2 Å². The van der Waals surface area contributed by atoms with Crippen LogP contribution in [0, 0.1) is 13.8 Å². The third-order valence-corrected chi connectivity index (χ3v) is 7.76. The van der Waals surface area contributed by atoms with E-state index in [-0.39, 0.29) is 23.4 Å². The van der Waals surface area contributed by atoms with Crippen molar-refractivity contribution in [3.8, 4) is 0 Å². The van der Waals surface area contributed by atoms with E-state index >= 15 is 0 Å². The first-order valence-corrected chi connectivity index (χ1v) is 13.7. The van der Waals surface area contributed by atoms with Crippen molar-refractivity contribution < 1.29 is 18.0 Å². The van der Waals surface area contributed by atoms with Crippen molar-refractivity contribution >= 4 is 27.5 Å². The van der Waals surface area contributed by atoms with E-state index in [1.807, 2.05) is 64.1 Å². The van der Waals surface area contributed by atoms with Crippen LogP contribution in [0.5, 0.6) is 0 Å². The fraction of sp³-hybridized carbons (Fsp3) is 0.310. The molecule has 0 saturated carbocycles. The molecule has 7 nitrogen and oxygen atoms in total. The van der Waals surface area contributed by atoms with E-state index in [4.69, 9.17) is 0 Å². The van der Waals surface area contributed by atoms with Crippen LogP contribution in [0.2, 0.25) is 0 Å². The maximum absolute atomic E-state index is 13.8. The SMILES string of the molecule is Cc1ccc(S(=O)(=O)N(CC(=O)N(Cc2ccccc2)[C@H](C)C(=O)NC(C)C)c2cccc(C)c2)cc1. The summed E-state index contributed by atoms with van der Waals surface area (Å²) in [5, 5.41) is 2.85. The van der Waals surface area contributed by atoms with Crippen molar-refractivity contribution in [3.05, 3.63) is 95.6 Å². The lowest BCUT2D eigenvalue weighted by Gasteiger charge is -2.32. The highest BCUT2D eigenvalue weighted by Crippen LogP contribution is 2.25. The van der Waals surface area contributed by atoms with E-state index in [0.717, 1.165) is 21.0 Å². The molecule has 3 aromatic carbocycles. The van der Waals surface area contributed by atoms with Gasteiger partial charge in [0.25, 0.3) is 10.0 Å². The molecule has 0 bridgehead atoms. The van der Waals surface area contributed by atoms with E-state index in [0.29, 0.717) is 5.69 Å². The number of amides is 2. The summed E-state index contributed by atoms with van der Waals surface area (Å²) >= 11 is 0. The molecule has 3 aromatic rings. The average molecular weight is 522 g/mol. The fourth-order valence-corrected chi connectivity index (χ4v) is 5.32. The van der Waals surface area contributed by atoms with Gasteiger partial charge in [0, 0.05) is 12.6 Å². The number of aryl methyl sites for hydroxylation is 2. The summed E-state index contributed by atoms with van der Waals surface area (Å²) in [5.74, 6) is -0.782. The molecule has 3 rings (SSSR count). The number of hydrogen-bond donors (Lipinski definition) is 1. The second kappa shape index (κ2) is 12.1. The summed E-state index contributed by atoms with van der Waals surface area (Å²) in [6.07, 6.45) is 0. The highest BCUT2D eigenvalue weighted by Gasteiger charge is 2.32. The summed E-state index contributed by atoms with van der Waals surface area (Å²) in [7, 11) is -4.07. The summed E-state index contributed by atoms with van der Waals surface area (Å²) in [4.78, 5) is 28.2. The molecule has 0 aliphatic rings. The lowest BCUT2D eigenvalue weighted by atomic mass is 10.1. The first-order chi connectivity index (χ1) is 17.5. The summed E-state index contributed by atoms with van der Waals surface area (Å²) in [6, 6.07) is 22.0. The minimum absolute atomic E-state index is 0.0904. The molecular weight excluding hydrogens is 486 g/mol. The second-order valence-corrected chi connectivity index (χ2v) is 11.4. The Balaban J connectivity index is 2.02. The summed E-state index contributed by atoms with van der Waals surface area (Å²) < 4.78 is 28.7. The first-order valence-electron chi connectivity index (χ1n) is 12.3. The van der Waals surface area contributed by atoms with Gasteiger partial charge in [0.2, 0.25) is 11.8 Å². The van der Waals surface area contributed by atoms with Gasteiger partial charge >= 0.3 is 0 Å². The molecule has 0 aliphatic heterocycles. The minimum atomic E-state index is -4.07. The van der Waals surface area contributed by atoms with Gasteiger partial charge in [-0.25, -0.2) is 8.42 Å². The zero-order valence-electron chi connectivity index (χ0n) is 22.0. The Morgan fingerprint density at radius 1 is 0.838 bits per heavy atom. The summed E-state index contributed by atoms with van der Waals surface area (Å²) in [5.41, 5.74) is 3.01. The zero-order valence-corrected chi connectivity index (χ0v) is 22.8. The number of nitrogens with one attached hydrogen (secondary N) is 1. The van der Waals surface area contributed by atoms with Gasteiger partial charge in [0.05, 0.1) is 10.6 Å². The number of nitrogens with zero attached hydrogens (tertiary/aromatic N) is 2. The molecule has 196 valence electrons. The van der Waals surface area contributed by atoms with Crippen LogP contribution in [-0.2, 0) is 26.2 Å². The van der Waals surface area contributed by atoms with Gasteiger partial charge in [0.15, 0.2) is 0 Å². The number of benzene rings is 3. The van der Waals surface area contributed by atoms with Crippen molar-refractivity contribution in [2.45, 2.75) is 58.1 Å². The maximum Gasteiger partial charge on any atom is 0.264 e. The average Bonchev–Trinajstić information content (AvgIpc) is 2.85. The van der Waals surface area contributed by atoms with Crippen LogP contribution >= 0.6 is 0 Å². The van der Waals surface area contributed by atoms with Gasteiger partial charge < -0.3 is 10.2 Å². The molecule has 0 unspecified atom stereocenters. The van der Waals surface area contributed by atoms with Crippen molar-refractivity contribution in [3.63, 3.8) is 0 Å². The highest BCUT2D eigenvalue weighted by atomic mass is 32.2. The van der Waals surface area contributed by atoms with Crippen LogP contribution in [-0.4, -0.2) is 43.8 Å². The van der Waals surface area contributed by atoms with Crippen LogP contribution in [0.25, 0.3) is 0 Å². The monoisotopic (exact) mass is 521 g/mol. The molecule has 2 amide bonds. The van der Waals surface area contributed by atoms with Crippen LogP contribution in [0.4, 0.5) is 5.69 Å². The van der Waals surface area contributed by atoms with Gasteiger partial charge in [-0.15, -0.1) is 0 Å². The van der Waals surface area contributed by atoms with Gasteiger partial charge in [-0.2, -0.15) is 0 Å². The second-order valence-electron chi connectivity index (χ2n) is 9.51. The number of anilines is 1. The van der Waals surface area contributed by atoms with E-state index in [1.54, 1.807) is 49.4 Å². The van der Waals surface area contributed by atoms with E-state index in [1.165, 1.54) is 4.90 Å². The van der Waals surface area contributed by atoms with Crippen molar-refractivity contribution in [2.24, 2.45) is 0 Å². The molecule has 37 heavy (non-hydrogen) atoms. The van der Waals surface area contributed by atoms with Crippen LogP contribution < -0.4 is 9.62 Å². The number of carbonyl (C=O) groups is 2. The molecule has 0 aromatic heterocycles. The summed E-state index contributed by atoms with van der Waals surface area (Å²) in [6.45, 7) is 8.81. The predicted molar refractivity (Wildman–Crippen MR) is 147 cm³/mol. The van der Waals surface area contributed by atoms with Gasteiger partial charge in [-0.3, -0.25) is 13.9 Å². The van der Waals surface area contributed by atoms with E-state index in [2.05, 4.69) is 5.32 Å². The molecule has 0 radical (unpaired) electrons. The zero-order chi connectivity index (χ0) is 27.2. The van der Waals surface area contributed by atoms with Crippen molar-refractivity contribution in [1.29, 1.82) is 0 Å². The molecule has 0 fully saturated rings. The highest BCUT2D eigenvalue weighted by molar-refractivity contribution is 7.92. The van der Waals surface area contributed by atoms with Crippen LogP contribution in [0.3, 0.4) is 0 Å². The number of hydrogen-bond acceptors (Lipinski definition) is 4. The standard InChI is InChI=1S/C29H35N3O4S/c1-21(2)30-29(34)24(5)31(19-25-11-7-6-8-12-25)28(33)20-32(26-13-9-10-23(4)18-26)37(35,36)27-16-14-22(3)15-17-27/h6-18,21,24H,19-20H2,1-5H3,(H,30,34)/t24-/m1/s1. The first kappa shape index (κ1) is 27.9. The lowest BCUT2D eigenvalue weighted by molar-refractivity contribution is -0.139. The maximum atomic E-state index is 13.8. The fourth-order valence-electron chi connectivity index (χ4n) is 3.92. The molecule has 1 N–H and O–H groups in total. The van der Waals surface area contributed by atoms with Crippen molar-refractivity contribution in [2.75, 3.05) is 10.8 Å². The lowest BCUT2D eigenvalue weighted by Crippen LogP contribution is -2.52. The van der Waals surface area contributed by atoms with Gasteiger partial charge in [-0.05, 0) is 70.0 Å². The molecule has 1 atom stereocenters. The van der Waals surface area contributed by atoms with Crippen molar-refractivity contribution in [1.82, 2.24) is 10.2 Å².